The van der Waals surface area contributed by atoms with Crippen LogP contribution in [0.2, 0.25) is 0 Å². The second-order valence-corrected chi connectivity index (χ2v) is 7.26. The minimum absolute atomic E-state index is 0.342. The van der Waals surface area contributed by atoms with Gasteiger partial charge in [0.15, 0.2) is 0 Å². The average molecular weight is 287 g/mol. The lowest BCUT2D eigenvalue weighted by Gasteiger charge is -2.31. The van der Waals surface area contributed by atoms with E-state index in [2.05, 4.69) is 44.3 Å². The Labute approximate surface area is 129 Å². The fourth-order valence-corrected chi connectivity index (χ4v) is 4.69. The van der Waals surface area contributed by atoms with Gasteiger partial charge in [-0.1, -0.05) is 18.6 Å². The molecule has 0 heterocycles. The van der Waals surface area contributed by atoms with Crippen LogP contribution in [0.4, 0.5) is 0 Å². The van der Waals surface area contributed by atoms with E-state index in [1.54, 1.807) is 7.11 Å². The van der Waals surface area contributed by atoms with Gasteiger partial charge in [-0.25, -0.2) is 0 Å². The van der Waals surface area contributed by atoms with Gasteiger partial charge in [-0.2, -0.15) is 0 Å². The Morgan fingerprint density at radius 2 is 2.00 bits per heavy atom. The van der Waals surface area contributed by atoms with E-state index in [0.717, 1.165) is 23.5 Å². The smallest absolute Gasteiger partial charge is 0.123 e. The van der Waals surface area contributed by atoms with Crippen molar-refractivity contribution >= 4 is 0 Å². The van der Waals surface area contributed by atoms with Gasteiger partial charge in [0, 0.05) is 17.6 Å². The first-order chi connectivity index (χ1) is 10.1. The van der Waals surface area contributed by atoms with Crippen LogP contribution in [0.1, 0.15) is 56.7 Å². The monoisotopic (exact) mass is 287 g/mol. The van der Waals surface area contributed by atoms with E-state index in [0.29, 0.717) is 12.1 Å². The standard InChI is InChI=1S/C19H29NO/c1-12-5-8-17(19(9-12)21-4)13(2)20-14(3)18-11-15-6-7-16(18)10-15/h5,8-9,13-16,18,20H,6-7,10-11H2,1-4H3. The number of nitrogens with one attached hydrogen (secondary N) is 1. The largest absolute Gasteiger partial charge is 0.496 e. The molecular weight excluding hydrogens is 258 g/mol. The molecule has 2 heteroatoms. The molecule has 2 saturated carbocycles. The normalized spacial score (nSPS) is 30.4. The van der Waals surface area contributed by atoms with E-state index < -0.39 is 0 Å². The molecule has 116 valence electrons. The third-order valence-electron chi connectivity index (χ3n) is 5.80. The van der Waals surface area contributed by atoms with E-state index in [1.165, 1.54) is 36.8 Å². The van der Waals surface area contributed by atoms with E-state index in [4.69, 9.17) is 4.74 Å². The van der Waals surface area contributed by atoms with E-state index in [9.17, 15) is 0 Å². The zero-order valence-electron chi connectivity index (χ0n) is 13.9. The quantitative estimate of drug-likeness (QED) is 0.862. The number of fused-ring (bicyclic) bond motifs is 2. The Balaban J connectivity index is 1.67. The van der Waals surface area contributed by atoms with Gasteiger partial charge in [-0.15, -0.1) is 0 Å². The minimum atomic E-state index is 0.342. The molecule has 2 aliphatic carbocycles. The minimum Gasteiger partial charge on any atom is -0.496 e. The van der Waals surface area contributed by atoms with E-state index in [1.807, 2.05) is 0 Å². The van der Waals surface area contributed by atoms with Gasteiger partial charge in [-0.3, -0.25) is 0 Å². The van der Waals surface area contributed by atoms with Gasteiger partial charge in [0.1, 0.15) is 5.75 Å². The van der Waals surface area contributed by atoms with Gasteiger partial charge in [-0.05, 0) is 69.4 Å². The number of hydrogen-bond acceptors (Lipinski definition) is 2. The van der Waals surface area contributed by atoms with Crippen molar-refractivity contribution in [2.75, 3.05) is 7.11 Å². The molecule has 1 aromatic rings. The lowest BCUT2D eigenvalue weighted by molar-refractivity contribution is 0.247. The molecule has 0 saturated heterocycles. The van der Waals surface area contributed by atoms with Crippen molar-refractivity contribution in [1.29, 1.82) is 0 Å². The van der Waals surface area contributed by atoms with Gasteiger partial charge in [0.25, 0.3) is 0 Å². The van der Waals surface area contributed by atoms with Crippen molar-refractivity contribution in [2.24, 2.45) is 17.8 Å². The molecule has 2 fully saturated rings. The van der Waals surface area contributed by atoms with Crippen LogP contribution < -0.4 is 10.1 Å². The molecule has 0 amide bonds. The highest BCUT2D eigenvalue weighted by atomic mass is 16.5. The highest BCUT2D eigenvalue weighted by molar-refractivity contribution is 5.39. The van der Waals surface area contributed by atoms with Crippen molar-refractivity contribution < 1.29 is 4.74 Å². The van der Waals surface area contributed by atoms with E-state index >= 15 is 0 Å². The highest BCUT2D eigenvalue weighted by Gasteiger charge is 2.41. The maximum Gasteiger partial charge on any atom is 0.123 e. The fourth-order valence-electron chi connectivity index (χ4n) is 4.69. The number of ether oxygens (including phenoxy) is 1. The van der Waals surface area contributed by atoms with Gasteiger partial charge < -0.3 is 10.1 Å². The molecule has 2 aliphatic rings. The average Bonchev–Trinajstić information content (AvgIpc) is 3.09. The summed E-state index contributed by atoms with van der Waals surface area (Å²) in [5.41, 5.74) is 2.53. The second kappa shape index (κ2) is 6.00. The maximum absolute atomic E-state index is 5.56. The molecule has 0 radical (unpaired) electrons. The van der Waals surface area contributed by atoms with Gasteiger partial charge in [0.2, 0.25) is 0 Å². The maximum atomic E-state index is 5.56. The predicted molar refractivity (Wildman–Crippen MR) is 87.7 cm³/mol. The summed E-state index contributed by atoms with van der Waals surface area (Å²) >= 11 is 0. The first kappa shape index (κ1) is 14.9. The summed E-state index contributed by atoms with van der Waals surface area (Å²) < 4.78 is 5.56. The summed E-state index contributed by atoms with van der Waals surface area (Å²) in [5, 5.41) is 3.84. The summed E-state index contributed by atoms with van der Waals surface area (Å²) in [6, 6.07) is 7.46. The summed E-state index contributed by atoms with van der Waals surface area (Å²) in [6.45, 7) is 6.75. The highest BCUT2D eigenvalue weighted by Crippen LogP contribution is 2.49. The summed E-state index contributed by atoms with van der Waals surface area (Å²) in [5.74, 6) is 3.89. The third-order valence-corrected chi connectivity index (χ3v) is 5.80. The van der Waals surface area contributed by atoms with Crippen molar-refractivity contribution in [2.45, 2.75) is 58.5 Å². The van der Waals surface area contributed by atoms with Crippen LogP contribution in [-0.2, 0) is 0 Å². The third kappa shape index (κ3) is 2.96. The second-order valence-electron chi connectivity index (χ2n) is 7.26. The van der Waals surface area contributed by atoms with Crippen LogP contribution in [0, 0.1) is 24.7 Å². The molecule has 2 nitrogen and oxygen atoms in total. The molecule has 1 aromatic carbocycles. The SMILES string of the molecule is COc1cc(C)ccc1C(C)NC(C)C1CC2CCC1C2. The number of rotatable bonds is 5. The van der Waals surface area contributed by atoms with Crippen molar-refractivity contribution in [3.8, 4) is 5.75 Å². The lowest BCUT2D eigenvalue weighted by Crippen LogP contribution is -2.37. The predicted octanol–water partition coefficient (Wildman–Crippen LogP) is 4.48. The summed E-state index contributed by atoms with van der Waals surface area (Å²) in [7, 11) is 1.77. The number of hydrogen-bond donors (Lipinski definition) is 1. The van der Waals surface area contributed by atoms with Crippen LogP contribution >= 0.6 is 0 Å². The van der Waals surface area contributed by atoms with Crippen molar-refractivity contribution in [3.05, 3.63) is 29.3 Å². The summed E-state index contributed by atoms with van der Waals surface area (Å²) in [4.78, 5) is 0. The van der Waals surface area contributed by atoms with Crippen LogP contribution in [0.5, 0.6) is 5.75 Å². The number of methoxy groups -OCH3 is 1. The van der Waals surface area contributed by atoms with Crippen LogP contribution in [0.25, 0.3) is 0 Å². The Hall–Kier alpha value is -1.02. The van der Waals surface area contributed by atoms with Crippen LogP contribution in [0.3, 0.4) is 0 Å². The zero-order chi connectivity index (χ0) is 15.0. The van der Waals surface area contributed by atoms with Crippen molar-refractivity contribution in [1.82, 2.24) is 5.32 Å². The molecule has 0 aromatic heterocycles. The zero-order valence-corrected chi connectivity index (χ0v) is 13.9. The molecule has 1 N–H and O–H groups in total. The molecule has 3 rings (SSSR count). The Morgan fingerprint density at radius 3 is 2.62 bits per heavy atom. The van der Waals surface area contributed by atoms with Crippen LogP contribution in [0.15, 0.2) is 18.2 Å². The Bertz CT molecular complexity index is 498. The van der Waals surface area contributed by atoms with E-state index in [-0.39, 0.29) is 0 Å². The lowest BCUT2D eigenvalue weighted by atomic mass is 9.83. The summed E-state index contributed by atoms with van der Waals surface area (Å²) in [6.07, 6.45) is 5.87. The number of aryl methyl sites for hydroxylation is 1. The topological polar surface area (TPSA) is 21.3 Å². The fraction of sp³-hybridized carbons (Fsp3) is 0.684. The first-order valence-corrected chi connectivity index (χ1v) is 8.49. The molecule has 5 atom stereocenters. The molecular formula is C19H29NO. The van der Waals surface area contributed by atoms with Gasteiger partial charge in [0.05, 0.1) is 7.11 Å². The molecule has 2 bridgehead atoms. The van der Waals surface area contributed by atoms with Crippen molar-refractivity contribution in [3.63, 3.8) is 0 Å². The van der Waals surface area contributed by atoms with Gasteiger partial charge >= 0.3 is 0 Å². The van der Waals surface area contributed by atoms with Crippen LogP contribution in [-0.4, -0.2) is 13.2 Å². The molecule has 0 spiro atoms. The Kier molecular flexibility index (Phi) is 4.26. The molecule has 5 unspecified atom stereocenters. The number of benzene rings is 1. The Morgan fingerprint density at radius 1 is 1.19 bits per heavy atom. The molecule has 0 aliphatic heterocycles. The first-order valence-electron chi connectivity index (χ1n) is 8.49. The molecule has 21 heavy (non-hydrogen) atoms.